The van der Waals surface area contributed by atoms with Crippen LogP contribution in [0.1, 0.15) is 18.4 Å². The van der Waals surface area contributed by atoms with Gasteiger partial charge in [0.15, 0.2) is 0 Å². The summed E-state index contributed by atoms with van der Waals surface area (Å²) in [6.07, 6.45) is 2.39. The molecule has 2 N–H and O–H groups in total. The molecular weight excluding hydrogens is 172 g/mol. The Balaban J connectivity index is 2.10. The van der Waals surface area contributed by atoms with Crippen molar-refractivity contribution in [1.29, 1.82) is 0 Å². The van der Waals surface area contributed by atoms with Crippen LogP contribution in [-0.2, 0) is 0 Å². The molecule has 0 radical (unpaired) electrons. The molecular formula is C12H18N2. The molecule has 0 aliphatic carbocycles. The van der Waals surface area contributed by atoms with Gasteiger partial charge in [-0.25, -0.2) is 0 Å². The van der Waals surface area contributed by atoms with Gasteiger partial charge in [-0.2, -0.15) is 0 Å². The van der Waals surface area contributed by atoms with Gasteiger partial charge in [0.25, 0.3) is 0 Å². The molecule has 1 saturated heterocycles. The highest BCUT2D eigenvalue weighted by atomic mass is 15.1. The monoisotopic (exact) mass is 190 g/mol. The van der Waals surface area contributed by atoms with E-state index in [1.54, 1.807) is 0 Å². The van der Waals surface area contributed by atoms with E-state index in [0.29, 0.717) is 6.04 Å². The van der Waals surface area contributed by atoms with Gasteiger partial charge < -0.3 is 10.6 Å². The Hall–Kier alpha value is -1.02. The second-order valence-electron chi connectivity index (χ2n) is 4.18. The van der Waals surface area contributed by atoms with Crippen LogP contribution in [0.2, 0.25) is 0 Å². The molecule has 1 aromatic rings. The number of aryl methyl sites for hydroxylation is 1. The van der Waals surface area contributed by atoms with Gasteiger partial charge in [0, 0.05) is 24.8 Å². The summed E-state index contributed by atoms with van der Waals surface area (Å²) < 4.78 is 0. The molecule has 1 heterocycles. The van der Waals surface area contributed by atoms with E-state index in [1.165, 1.54) is 24.1 Å². The lowest BCUT2D eigenvalue weighted by atomic mass is 10.1. The molecule has 1 atom stereocenters. The van der Waals surface area contributed by atoms with Crippen molar-refractivity contribution < 1.29 is 0 Å². The van der Waals surface area contributed by atoms with Gasteiger partial charge in [-0.1, -0.05) is 17.7 Å². The van der Waals surface area contributed by atoms with Crippen LogP contribution in [0.4, 0.5) is 5.69 Å². The van der Waals surface area contributed by atoms with Crippen LogP contribution in [0, 0.1) is 6.92 Å². The van der Waals surface area contributed by atoms with Crippen LogP contribution in [-0.4, -0.2) is 19.1 Å². The Morgan fingerprint density at radius 3 is 2.64 bits per heavy atom. The minimum atomic E-state index is 0.352. The summed E-state index contributed by atoms with van der Waals surface area (Å²) in [4.78, 5) is 2.38. The smallest absolute Gasteiger partial charge is 0.0366 e. The van der Waals surface area contributed by atoms with Crippen LogP contribution in [0.5, 0.6) is 0 Å². The molecule has 1 fully saturated rings. The molecule has 2 rings (SSSR count). The molecule has 1 aliphatic rings. The number of piperidine rings is 1. The van der Waals surface area contributed by atoms with Gasteiger partial charge in [0.2, 0.25) is 0 Å². The van der Waals surface area contributed by atoms with Crippen molar-refractivity contribution in [2.45, 2.75) is 25.8 Å². The van der Waals surface area contributed by atoms with Crippen LogP contribution in [0.3, 0.4) is 0 Å². The van der Waals surface area contributed by atoms with Crippen LogP contribution >= 0.6 is 0 Å². The highest BCUT2D eigenvalue weighted by Crippen LogP contribution is 2.19. The van der Waals surface area contributed by atoms with E-state index in [-0.39, 0.29) is 0 Å². The van der Waals surface area contributed by atoms with Crippen LogP contribution < -0.4 is 10.6 Å². The van der Waals surface area contributed by atoms with Gasteiger partial charge in [-0.15, -0.1) is 0 Å². The molecule has 0 bridgehead atoms. The predicted octanol–water partition coefficient (Wildman–Crippen LogP) is 1.92. The van der Waals surface area contributed by atoms with E-state index in [0.717, 1.165) is 13.1 Å². The average Bonchev–Trinajstić information content (AvgIpc) is 2.19. The molecule has 0 amide bonds. The van der Waals surface area contributed by atoms with Crippen molar-refractivity contribution in [2.24, 2.45) is 5.73 Å². The van der Waals surface area contributed by atoms with Gasteiger partial charge in [0.05, 0.1) is 0 Å². The van der Waals surface area contributed by atoms with E-state index >= 15 is 0 Å². The van der Waals surface area contributed by atoms with E-state index in [9.17, 15) is 0 Å². The number of nitrogens with two attached hydrogens (primary N) is 1. The molecule has 76 valence electrons. The molecule has 0 aromatic heterocycles. The summed E-state index contributed by atoms with van der Waals surface area (Å²) in [6, 6.07) is 9.05. The van der Waals surface area contributed by atoms with Crippen molar-refractivity contribution >= 4 is 5.69 Å². The number of hydrogen-bond acceptors (Lipinski definition) is 2. The number of nitrogens with zero attached hydrogens (tertiary/aromatic N) is 1. The van der Waals surface area contributed by atoms with Gasteiger partial charge in [-0.3, -0.25) is 0 Å². The summed E-state index contributed by atoms with van der Waals surface area (Å²) >= 11 is 0. The SMILES string of the molecule is Cc1ccc(N2CCC[C@@H](N)C2)cc1. The molecule has 0 saturated carbocycles. The molecule has 1 aromatic carbocycles. The maximum Gasteiger partial charge on any atom is 0.0366 e. The highest BCUT2D eigenvalue weighted by molar-refractivity contribution is 5.48. The van der Waals surface area contributed by atoms with Crippen molar-refractivity contribution in [3.8, 4) is 0 Å². The lowest BCUT2D eigenvalue weighted by molar-refractivity contribution is 0.506. The second-order valence-corrected chi connectivity index (χ2v) is 4.18. The van der Waals surface area contributed by atoms with Gasteiger partial charge in [0.1, 0.15) is 0 Å². The maximum atomic E-state index is 5.95. The first-order chi connectivity index (χ1) is 6.75. The van der Waals surface area contributed by atoms with E-state index in [2.05, 4.69) is 36.1 Å². The fourth-order valence-electron chi connectivity index (χ4n) is 2.00. The van der Waals surface area contributed by atoms with Crippen LogP contribution in [0.25, 0.3) is 0 Å². The summed E-state index contributed by atoms with van der Waals surface area (Å²) in [6.45, 7) is 4.27. The molecule has 0 unspecified atom stereocenters. The third-order valence-electron chi connectivity index (χ3n) is 2.86. The third-order valence-corrected chi connectivity index (χ3v) is 2.86. The lowest BCUT2D eigenvalue weighted by Crippen LogP contribution is -2.42. The molecule has 2 heteroatoms. The fraction of sp³-hybridized carbons (Fsp3) is 0.500. The quantitative estimate of drug-likeness (QED) is 0.733. The molecule has 14 heavy (non-hydrogen) atoms. The Bertz CT molecular complexity index is 292. The first-order valence-corrected chi connectivity index (χ1v) is 5.33. The van der Waals surface area contributed by atoms with Gasteiger partial charge >= 0.3 is 0 Å². The standard InChI is InChI=1S/C12H18N2/c1-10-4-6-12(7-5-10)14-8-2-3-11(13)9-14/h4-7,11H,2-3,8-9,13H2,1H3/t11-/m1/s1. The number of hydrogen-bond donors (Lipinski definition) is 1. The first-order valence-electron chi connectivity index (χ1n) is 5.33. The maximum absolute atomic E-state index is 5.95. The van der Waals surface area contributed by atoms with Crippen molar-refractivity contribution in [3.63, 3.8) is 0 Å². The highest BCUT2D eigenvalue weighted by Gasteiger charge is 2.16. The van der Waals surface area contributed by atoms with E-state index in [4.69, 9.17) is 5.73 Å². The van der Waals surface area contributed by atoms with E-state index in [1.807, 2.05) is 0 Å². The Kier molecular flexibility index (Phi) is 2.73. The Labute approximate surface area is 85.7 Å². The first kappa shape index (κ1) is 9.53. The fourth-order valence-corrected chi connectivity index (χ4v) is 2.00. The number of anilines is 1. The normalized spacial score (nSPS) is 22.4. The molecule has 0 spiro atoms. The lowest BCUT2D eigenvalue weighted by Gasteiger charge is -2.32. The predicted molar refractivity (Wildman–Crippen MR) is 60.6 cm³/mol. The topological polar surface area (TPSA) is 29.3 Å². The van der Waals surface area contributed by atoms with Crippen molar-refractivity contribution in [3.05, 3.63) is 29.8 Å². The zero-order valence-corrected chi connectivity index (χ0v) is 8.74. The molecule has 1 aliphatic heterocycles. The third kappa shape index (κ3) is 2.07. The minimum Gasteiger partial charge on any atom is -0.370 e. The summed E-state index contributed by atoms with van der Waals surface area (Å²) in [5.74, 6) is 0. The number of benzene rings is 1. The number of rotatable bonds is 1. The Morgan fingerprint density at radius 2 is 2.00 bits per heavy atom. The Morgan fingerprint density at radius 1 is 1.29 bits per heavy atom. The minimum absolute atomic E-state index is 0.352. The average molecular weight is 190 g/mol. The molecule has 2 nitrogen and oxygen atoms in total. The largest absolute Gasteiger partial charge is 0.370 e. The van der Waals surface area contributed by atoms with Crippen molar-refractivity contribution in [2.75, 3.05) is 18.0 Å². The zero-order valence-electron chi connectivity index (χ0n) is 8.74. The summed E-state index contributed by atoms with van der Waals surface area (Å²) in [7, 11) is 0. The van der Waals surface area contributed by atoms with Gasteiger partial charge in [-0.05, 0) is 31.9 Å². The zero-order chi connectivity index (χ0) is 9.97. The summed E-state index contributed by atoms with van der Waals surface area (Å²) in [5.41, 5.74) is 8.58. The van der Waals surface area contributed by atoms with Crippen molar-refractivity contribution in [1.82, 2.24) is 0 Å². The summed E-state index contributed by atoms with van der Waals surface area (Å²) in [5, 5.41) is 0. The van der Waals surface area contributed by atoms with Crippen LogP contribution in [0.15, 0.2) is 24.3 Å². The second kappa shape index (κ2) is 4.01. The van der Waals surface area contributed by atoms with E-state index < -0.39 is 0 Å².